The first-order chi connectivity index (χ1) is 8.29. The number of esters is 1. The highest BCUT2D eigenvalue weighted by atomic mass is 16.6. The molecule has 2 rings (SSSR count). The number of rotatable bonds is 5. The number of hydrogen-bond donors (Lipinski definition) is 1. The van der Waals surface area contributed by atoms with E-state index < -0.39 is 6.10 Å². The highest BCUT2D eigenvalue weighted by Crippen LogP contribution is 2.19. The molecule has 1 saturated heterocycles. The van der Waals surface area contributed by atoms with E-state index in [-0.39, 0.29) is 5.97 Å². The predicted molar refractivity (Wildman–Crippen MR) is 63.8 cm³/mol. The van der Waals surface area contributed by atoms with Crippen LogP contribution in [0.4, 0.5) is 0 Å². The number of carbonyl (C=O) groups is 1. The van der Waals surface area contributed by atoms with E-state index in [2.05, 4.69) is 12.2 Å². The summed E-state index contributed by atoms with van der Waals surface area (Å²) in [4.78, 5) is 11.3. The monoisotopic (exact) mass is 235 g/mol. The van der Waals surface area contributed by atoms with Crippen LogP contribution >= 0.6 is 0 Å². The summed E-state index contributed by atoms with van der Waals surface area (Å²) in [6.07, 6.45) is 0.195. The van der Waals surface area contributed by atoms with Crippen molar-refractivity contribution in [1.82, 2.24) is 5.32 Å². The first-order valence-electron chi connectivity index (χ1n) is 5.92. The largest absolute Gasteiger partial charge is 0.479 e. The van der Waals surface area contributed by atoms with Gasteiger partial charge in [-0.2, -0.15) is 0 Å². The summed E-state index contributed by atoms with van der Waals surface area (Å²) in [7, 11) is 0. The van der Waals surface area contributed by atoms with Gasteiger partial charge >= 0.3 is 5.97 Å². The van der Waals surface area contributed by atoms with Crippen molar-refractivity contribution in [2.45, 2.75) is 26.0 Å². The summed E-state index contributed by atoms with van der Waals surface area (Å²) in [5.41, 5.74) is 1.15. The molecule has 0 amide bonds. The van der Waals surface area contributed by atoms with E-state index in [0.29, 0.717) is 13.0 Å². The molecule has 1 aliphatic heterocycles. The quantitative estimate of drug-likeness (QED) is 0.785. The van der Waals surface area contributed by atoms with Gasteiger partial charge < -0.3 is 14.8 Å². The molecule has 1 unspecified atom stereocenters. The lowest BCUT2D eigenvalue weighted by Crippen LogP contribution is -2.21. The normalized spacial score (nSPS) is 19.1. The smallest absolute Gasteiger partial charge is 0.347 e. The molecule has 1 aromatic carbocycles. The summed E-state index contributed by atoms with van der Waals surface area (Å²) in [6, 6.07) is 7.78. The second-order valence-corrected chi connectivity index (χ2v) is 3.99. The Hall–Kier alpha value is -1.55. The van der Waals surface area contributed by atoms with Crippen LogP contribution in [0, 0.1) is 0 Å². The topological polar surface area (TPSA) is 47.6 Å². The average Bonchev–Trinajstić information content (AvgIpc) is 2.73. The maximum absolute atomic E-state index is 11.3. The van der Waals surface area contributed by atoms with Crippen molar-refractivity contribution in [2.75, 3.05) is 13.2 Å². The van der Waals surface area contributed by atoms with Gasteiger partial charge in [0.2, 0.25) is 0 Å². The van der Waals surface area contributed by atoms with Crippen molar-refractivity contribution < 1.29 is 14.3 Å². The molecule has 0 spiro atoms. The number of benzene rings is 1. The number of nitrogens with one attached hydrogen (secondary N) is 1. The first-order valence-corrected chi connectivity index (χ1v) is 5.92. The minimum Gasteiger partial charge on any atom is -0.479 e. The number of ether oxygens (including phenoxy) is 2. The summed E-state index contributed by atoms with van der Waals surface area (Å²) < 4.78 is 10.5. The number of hydrogen-bond acceptors (Lipinski definition) is 4. The minimum atomic E-state index is -0.440. The summed E-state index contributed by atoms with van der Waals surface area (Å²) in [5, 5.41) is 3.25. The second-order valence-electron chi connectivity index (χ2n) is 3.99. The van der Waals surface area contributed by atoms with Gasteiger partial charge in [0.25, 0.3) is 0 Å². The highest BCUT2D eigenvalue weighted by Gasteiger charge is 2.28. The lowest BCUT2D eigenvalue weighted by atomic mass is 10.2. The van der Waals surface area contributed by atoms with Gasteiger partial charge in [0.15, 0.2) is 6.10 Å². The first kappa shape index (κ1) is 11.9. The van der Waals surface area contributed by atoms with E-state index in [0.717, 1.165) is 24.4 Å². The summed E-state index contributed by atoms with van der Waals surface area (Å²) in [6.45, 7) is 4.26. The van der Waals surface area contributed by atoms with Gasteiger partial charge in [-0.3, -0.25) is 0 Å². The standard InChI is InChI=1S/C13H17NO3/c1-2-14-9-10-4-3-5-11(8-10)17-12-6-7-16-13(12)15/h3-5,8,12,14H,2,6-7,9H2,1H3. The van der Waals surface area contributed by atoms with Crippen molar-refractivity contribution in [2.24, 2.45) is 0 Å². The molecule has 0 radical (unpaired) electrons. The predicted octanol–water partition coefficient (Wildman–Crippen LogP) is 1.49. The molecule has 1 heterocycles. The van der Waals surface area contributed by atoms with Crippen LogP contribution in [0.15, 0.2) is 24.3 Å². The molecule has 0 saturated carbocycles. The van der Waals surface area contributed by atoms with Gasteiger partial charge in [-0.1, -0.05) is 19.1 Å². The van der Waals surface area contributed by atoms with E-state index in [9.17, 15) is 4.79 Å². The molecule has 0 bridgehead atoms. The van der Waals surface area contributed by atoms with Crippen molar-refractivity contribution >= 4 is 5.97 Å². The molecule has 4 nitrogen and oxygen atoms in total. The van der Waals surface area contributed by atoms with Crippen LogP contribution in [0.3, 0.4) is 0 Å². The van der Waals surface area contributed by atoms with Gasteiger partial charge in [-0.15, -0.1) is 0 Å². The Kier molecular flexibility index (Phi) is 3.98. The Balaban J connectivity index is 1.98. The Labute approximate surface area is 101 Å². The zero-order chi connectivity index (χ0) is 12.1. The molecule has 1 aliphatic rings. The third-order valence-corrected chi connectivity index (χ3v) is 2.64. The lowest BCUT2D eigenvalue weighted by Gasteiger charge is -2.11. The van der Waals surface area contributed by atoms with Gasteiger partial charge in [0.1, 0.15) is 5.75 Å². The van der Waals surface area contributed by atoms with Gasteiger partial charge in [0, 0.05) is 13.0 Å². The molecule has 0 aliphatic carbocycles. The molecular weight excluding hydrogens is 218 g/mol. The maximum Gasteiger partial charge on any atom is 0.347 e. The van der Waals surface area contributed by atoms with Gasteiger partial charge in [-0.05, 0) is 24.2 Å². The van der Waals surface area contributed by atoms with Crippen LogP contribution < -0.4 is 10.1 Å². The van der Waals surface area contributed by atoms with E-state index in [4.69, 9.17) is 9.47 Å². The SMILES string of the molecule is CCNCc1cccc(OC2CCOC2=O)c1. The molecule has 17 heavy (non-hydrogen) atoms. The zero-order valence-corrected chi connectivity index (χ0v) is 9.94. The molecule has 1 N–H and O–H groups in total. The number of cyclic esters (lactones) is 1. The third-order valence-electron chi connectivity index (χ3n) is 2.64. The van der Waals surface area contributed by atoms with Crippen molar-refractivity contribution in [1.29, 1.82) is 0 Å². The molecule has 0 aromatic heterocycles. The zero-order valence-electron chi connectivity index (χ0n) is 9.94. The third kappa shape index (κ3) is 3.20. The molecule has 1 aromatic rings. The van der Waals surface area contributed by atoms with Crippen LogP contribution in [-0.2, 0) is 16.1 Å². The Bertz CT molecular complexity index is 392. The molecule has 92 valence electrons. The molecule has 1 atom stereocenters. The fourth-order valence-electron chi connectivity index (χ4n) is 1.75. The van der Waals surface area contributed by atoms with E-state index in [1.165, 1.54) is 0 Å². The summed E-state index contributed by atoms with van der Waals surface area (Å²) >= 11 is 0. The molecule has 1 fully saturated rings. The van der Waals surface area contributed by atoms with Crippen LogP contribution in [0.5, 0.6) is 5.75 Å². The Morgan fingerprint density at radius 1 is 1.53 bits per heavy atom. The van der Waals surface area contributed by atoms with Crippen molar-refractivity contribution in [3.63, 3.8) is 0 Å². The van der Waals surface area contributed by atoms with Crippen LogP contribution in [-0.4, -0.2) is 25.2 Å². The minimum absolute atomic E-state index is 0.262. The fourth-order valence-corrected chi connectivity index (χ4v) is 1.75. The second kappa shape index (κ2) is 5.68. The molecular formula is C13H17NO3. The van der Waals surface area contributed by atoms with E-state index in [1.807, 2.05) is 24.3 Å². The van der Waals surface area contributed by atoms with E-state index in [1.54, 1.807) is 0 Å². The van der Waals surface area contributed by atoms with Gasteiger partial charge in [0.05, 0.1) is 6.61 Å². The average molecular weight is 235 g/mol. The summed E-state index contributed by atoms with van der Waals surface area (Å²) in [5.74, 6) is 0.464. The van der Waals surface area contributed by atoms with Crippen molar-refractivity contribution in [3.05, 3.63) is 29.8 Å². The maximum atomic E-state index is 11.3. The van der Waals surface area contributed by atoms with Crippen LogP contribution in [0.25, 0.3) is 0 Å². The van der Waals surface area contributed by atoms with Gasteiger partial charge in [-0.25, -0.2) is 4.79 Å². The lowest BCUT2D eigenvalue weighted by molar-refractivity contribution is -0.143. The van der Waals surface area contributed by atoms with Crippen LogP contribution in [0.1, 0.15) is 18.9 Å². The van der Waals surface area contributed by atoms with E-state index >= 15 is 0 Å². The van der Waals surface area contributed by atoms with Crippen LogP contribution in [0.2, 0.25) is 0 Å². The molecule has 4 heteroatoms. The highest BCUT2D eigenvalue weighted by molar-refractivity contribution is 5.76. The Morgan fingerprint density at radius 3 is 3.12 bits per heavy atom. The van der Waals surface area contributed by atoms with Crippen molar-refractivity contribution in [3.8, 4) is 5.75 Å². The fraction of sp³-hybridized carbons (Fsp3) is 0.462. The Morgan fingerprint density at radius 2 is 2.41 bits per heavy atom. The number of carbonyl (C=O) groups excluding carboxylic acids is 1.